The van der Waals surface area contributed by atoms with Gasteiger partial charge in [-0.2, -0.15) is 0 Å². The van der Waals surface area contributed by atoms with Crippen molar-refractivity contribution >= 4 is 12.0 Å². The molecule has 0 aromatic rings. The van der Waals surface area contributed by atoms with E-state index >= 15 is 0 Å². The number of aliphatic carboxylic acids is 1. The maximum atomic E-state index is 12.1. The Balaban J connectivity index is 2.02. The van der Waals surface area contributed by atoms with Crippen molar-refractivity contribution in [2.24, 2.45) is 16.7 Å². The quantitative estimate of drug-likeness (QED) is 0.740. The van der Waals surface area contributed by atoms with Crippen molar-refractivity contribution in [3.05, 3.63) is 0 Å². The van der Waals surface area contributed by atoms with E-state index < -0.39 is 12.0 Å². The summed E-state index contributed by atoms with van der Waals surface area (Å²) in [4.78, 5) is 23.1. The van der Waals surface area contributed by atoms with Crippen LogP contribution in [0.2, 0.25) is 0 Å². The molecule has 0 aliphatic heterocycles. The minimum Gasteiger partial charge on any atom is -0.480 e. The van der Waals surface area contributed by atoms with Crippen molar-refractivity contribution in [2.45, 2.75) is 65.5 Å². The second-order valence-electron chi connectivity index (χ2n) is 7.27. The largest absolute Gasteiger partial charge is 0.480 e. The lowest BCUT2D eigenvalue weighted by Crippen LogP contribution is -2.56. The van der Waals surface area contributed by atoms with Crippen LogP contribution in [0.3, 0.4) is 0 Å². The molecule has 2 aliphatic rings. The van der Waals surface area contributed by atoms with Crippen molar-refractivity contribution in [1.82, 2.24) is 10.6 Å². The van der Waals surface area contributed by atoms with Gasteiger partial charge in [0.05, 0.1) is 0 Å². The Bertz CT molecular complexity index is 417. The molecule has 5 heteroatoms. The van der Waals surface area contributed by atoms with Crippen LogP contribution >= 0.6 is 0 Å². The molecule has 2 fully saturated rings. The summed E-state index contributed by atoms with van der Waals surface area (Å²) in [5.74, 6) is -0.333. The lowest BCUT2D eigenvalue weighted by molar-refractivity contribution is -0.139. The van der Waals surface area contributed by atoms with Gasteiger partial charge in [0, 0.05) is 6.04 Å². The number of carboxylic acid groups (broad SMARTS) is 1. The number of rotatable bonds is 4. The third-order valence-electron chi connectivity index (χ3n) is 5.56. The summed E-state index contributed by atoms with van der Waals surface area (Å²) in [6, 6.07) is -1.06. The summed E-state index contributed by atoms with van der Waals surface area (Å²) in [6.07, 6.45) is 3.91. The van der Waals surface area contributed by atoms with Gasteiger partial charge in [-0.15, -0.1) is 0 Å². The first kappa shape index (κ1) is 15.1. The van der Waals surface area contributed by atoms with E-state index in [9.17, 15) is 9.59 Å². The Morgan fingerprint density at radius 3 is 2.45 bits per heavy atom. The fourth-order valence-corrected chi connectivity index (χ4v) is 4.33. The van der Waals surface area contributed by atoms with Gasteiger partial charge in [0.1, 0.15) is 6.04 Å². The van der Waals surface area contributed by atoms with Gasteiger partial charge < -0.3 is 15.7 Å². The second-order valence-corrected chi connectivity index (χ2v) is 7.27. The van der Waals surface area contributed by atoms with Crippen LogP contribution in [-0.4, -0.2) is 29.2 Å². The molecule has 20 heavy (non-hydrogen) atoms. The van der Waals surface area contributed by atoms with Gasteiger partial charge in [-0.25, -0.2) is 9.59 Å². The summed E-state index contributed by atoms with van der Waals surface area (Å²) >= 11 is 0. The molecule has 0 spiro atoms. The van der Waals surface area contributed by atoms with Crippen molar-refractivity contribution < 1.29 is 14.7 Å². The van der Waals surface area contributed by atoms with Gasteiger partial charge in [-0.05, 0) is 42.4 Å². The molecule has 2 bridgehead atoms. The highest BCUT2D eigenvalue weighted by Gasteiger charge is 2.59. The minimum atomic E-state index is -0.985. The first-order valence-corrected chi connectivity index (χ1v) is 7.50. The van der Waals surface area contributed by atoms with Crippen molar-refractivity contribution in [3.63, 3.8) is 0 Å². The monoisotopic (exact) mass is 282 g/mol. The first-order chi connectivity index (χ1) is 9.20. The summed E-state index contributed by atoms with van der Waals surface area (Å²) < 4.78 is 0. The first-order valence-electron chi connectivity index (χ1n) is 7.50. The highest BCUT2D eigenvalue weighted by Crippen LogP contribution is 2.62. The Morgan fingerprint density at radius 1 is 1.35 bits per heavy atom. The molecule has 3 N–H and O–H groups in total. The third kappa shape index (κ3) is 2.38. The van der Waals surface area contributed by atoms with E-state index in [0.29, 0.717) is 12.3 Å². The fourth-order valence-electron chi connectivity index (χ4n) is 4.33. The van der Waals surface area contributed by atoms with Gasteiger partial charge in [-0.1, -0.05) is 27.7 Å². The van der Waals surface area contributed by atoms with E-state index in [1.807, 2.05) is 0 Å². The minimum absolute atomic E-state index is 0.0786. The van der Waals surface area contributed by atoms with Gasteiger partial charge >= 0.3 is 12.0 Å². The average Bonchev–Trinajstić information content (AvgIpc) is 2.82. The maximum Gasteiger partial charge on any atom is 0.326 e. The highest BCUT2D eigenvalue weighted by molar-refractivity contribution is 5.82. The zero-order valence-electron chi connectivity index (χ0n) is 12.8. The number of fused-ring (bicyclic) bond motifs is 2. The molecule has 2 aliphatic carbocycles. The predicted octanol–water partition coefficient (Wildman–Crippen LogP) is 2.36. The summed E-state index contributed by atoms with van der Waals surface area (Å²) in [7, 11) is 0. The molecule has 5 nitrogen and oxygen atoms in total. The molecule has 0 radical (unpaired) electrons. The number of nitrogens with one attached hydrogen (secondary N) is 2. The van der Waals surface area contributed by atoms with Gasteiger partial charge in [0.15, 0.2) is 0 Å². The normalized spacial score (nSPS) is 35.6. The molecule has 4 unspecified atom stereocenters. The molecule has 114 valence electrons. The second kappa shape index (κ2) is 4.93. The summed E-state index contributed by atoms with van der Waals surface area (Å²) in [5, 5.41) is 14.6. The number of amides is 2. The van der Waals surface area contributed by atoms with Gasteiger partial charge in [0.2, 0.25) is 0 Å². The third-order valence-corrected chi connectivity index (χ3v) is 5.56. The van der Waals surface area contributed by atoms with E-state index in [4.69, 9.17) is 5.11 Å². The van der Waals surface area contributed by atoms with Crippen LogP contribution in [0.1, 0.15) is 53.4 Å². The smallest absolute Gasteiger partial charge is 0.326 e. The Morgan fingerprint density at radius 2 is 2.00 bits per heavy atom. The van der Waals surface area contributed by atoms with Crippen LogP contribution in [0.15, 0.2) is 0 Å². The summed E-state index contributed by atoms with van der Waals surface area (Å²) in [5.41, 5.74) is 0.228. The van der Waals surface area contributed by atoms with Crippen LogP contribution in [0.4, 0.5) is 4.79 Å². The Kier molecular flexibility index (Phi) is 3.73. The molecule has 2 rings (SSSR count). The number of carbonyl (C=O) groups is 2. The number of carbonyl (C=O) groups excluding carboxylic acids is 1. The molecule has 0 saturated heterocycles. The molecule has 0 aromatic heterocycles. The molecule has 2 amide bonds. The van der Waals surface area contributed by atoms with Crippen LogP contribution in [0.25, 0.3) is 0 Å². The van der Waals surface area contributed by atoms with Crippen molar-refractivity contribution in [3.8, 4) is 0 Å². The molecule has 4 atom stereocenters. The van der Waals surface area contributed by atoms with Gasteiger partial charge in [0.25, 0.3) is 0 Å². The topological polar surface area (TPSA) is 78.4 Å². The number of hydrogen-bond acceptors (Lipinski definition) is 2. The van der Waals surface area contributed by atoms with Crippen molar-refractivity contribution in [2.75, 3.05) is 0 Å². The standard InChI is InChI=1S/C15H26N2O3/c1-5-10(11(18)19)16-13(20)17-12-14(2,3)9-6-7-15(12,4)8-9/h9-10,12H,5-8H2,1-4H3,(H,18,19)(H2,16,17,20). The zero-order valence-corrected chi connectivity index (χ0v) is 12.8. The van der Waals surface area contributed by atoms with Crippen LogP contribution in [0, 0.1) is 16.7 Å². The number of hydrogen-bond donors (Lipinski definition) is 3. The van der Waals surface area contributed by atoms with Gasteiger partial charge in [-0.3, -0.25) is 0 Å². The van der Waals surface area contributed by atoms with E-state index in [0.717, 1.165) is 12.8 Å². The molecule has 0 aromatic carbocycles. The van der Waals surface area contributed by atoms with E-state index in [-0.39, 0.29) is 22.9 Å². The van der Waals surface area contributed by atoms with E-state index in [1.165, 1.54) is 6.42 Å². The molecule has 2 saturated carbocycles. The molecule has 0 heterocycles. The summed E-state index contributed by atoms with van der Waals surface area (Å²) in [6.45, 7) is 8.41. The number of carboxylic acids is 1. The van der Waals surface area contributed by atoms with Crippen LogP contribution in [0.5, 0.6) is 0 Å². The average molecular weight is 282 g/mol. The lowest BCUT2D eigenvalue weighted by atomic mass is 9.68. The lowest BCUT2D eigenvalue weighted by Gasteiger charge is -2.43. The fraction of sp³-hybridized carbons (Fsp3) is 0.867. The van der Waals surface area contributed by atoms with E-state index in [1.54, 1.807) is 6.92 Å². The van der Waals surface area contributed by atoms with Crippen molar-refractivity contribution in [1.29, 1.82) is 0 Å². The Labute approximate surface area is 120 Å². The zero-order chi connectivity index (χ0) is 15.1. The highest BCUT2D eigenvalue weighted by atomic mass is 16.4. The van der Waals surface area contributed by atoms with E-state index in [2.05, 4.69) is 31.4 Å². The molecular formula is C15H26N2O3. The number of urea groups is 1. The van der Waals surface area contributed by atoms with Crippen LogP contribution < -0.4 is 10.6 Å². The molecular weight excluding hydrogens is 256 g/mol. The van der Waals surface area contributed by atoms with Crippen LogP contribution in [-0.2, 0) is 4.79 Å². The Hall–Kier alpha value is -1.26. The predicted molar refractivity (Wildman–Crippen MR) is 76.4 cm³/mol. The SMILES string of the molecule is CCC(NC(=O)NC1C2(C)CCC(C2)C1(C)C)C(=O)O. The maximum absolute atomic E-state index is 12.1.